The van der Waals surface area contributed by atoms with Gasteiger partial charge in [0.05, 0.1) is 33.4 Å². The molecule has 0 radical (unpaired) electrons. The Hall–Kier alpha value is -3.45. The summed E-state index contributed by atoms with van der Waals surface area (Å²) in [6.07, 6.45) is 0. The van der Waals surface area contributed by atoms with Crippen molar-refractivity contribution in [2.45, 2.75) is 43.6 Å². The maximum Gasteiger partial charge on any atom is 0.170 e. The van der Waals surface area contributed by atoms with E-state index < -0.39 is 0 Å². The van der Waals surface area contributed by atoms with E-state index in [1.807, 2.05) is 41.0 Å². The third-order valence-corrected chi connectivity index (χ3v) is 7.21. The van der Waals surface area contributed by atoms with Gasteiger partial charge >= 0.3 is 0 Å². The van der Waals surface area contributed by atoms with Crippen molar-refractivity contribution in [3.05, 3.63) is 82.8 Å². The molecule has 188 valence electrons. The number of methoxy groups -OCH3 is 3. The first-order valence-corrected chi connectivity index (χ1v) is 12.8. The van der Waals surface area contributed by atoms with E-state index in [1.54, 1.807) is 33.1 Å². The van der Waals surface area contributed by atoms with Crippen LogP contribution in [0.25, 0.3) is 10.9 Å². The molecule has 0 aliphatic rings. The van der Waals surface area contributed by atoms with Crippen LogP contribution in [0.2, 0.25) is 0 Å². The lowest BCUT2D eigenvalue weighted by Gasteiger charge is -2.19. The van der Waals surface area contributed by atoms with Gasteiger partial charge in [0.15, 0.2) is 16.7 Å². The second-order valence-electron chi connectivity index (χ2n) is 9.64. The first kappa shape index (κ1) is 25.6. The molecule has 1 N–H and O–H groups in total. The second-order valence-corrected chi connectivity index (χ2v) is 10.6. The topological polar surface area (TPSA) is 69.4 Å². The fourth-order valence-electron chi connectivity index (χ4n) is 3.97. The predicted octanol–water partition coefficient (Wildman–Crippen LogP) is 6.18. The van der Waals surface area contributed by atoms with Crippen LogP contribution in [0.4, 0.5) is 0 Å². The molecule has 6 nitrogen and oxygen atoms in total. The highest BCUT2D eigenvalue weighted by Crippen LogP contribution is 2.32. The van der Waals surface area contributed by atoms with Gasteiger partial charge in [0.2, 0.25) is 0 Å². The Morgan fingerprint density at radius 3 is 2.03 bits per heavy atom. The zero-order valence-corrected chi connectivity index (χ0v) is 22.5. The number of ether oxygens (including phenoxy) is 3. The number of aromatic nitrogens is 2. The summed E-state index contributed by atoms with van der Waals surface area (Å²) < 4.78 is 18.2. The van der Waals surface area contributed by atoms with Gasteiger partial charge in [0, 0.05) is 17.2 Å². The Bertz CT molecular complexity index is 1410. The summed E-state index contributed by atoms with van der Waals surface area (Å²) in [5.41, 5.74) is 4.78. The maximum absolute atomic E-state index is 9.08. The Balaban J connectivity index is 1.74. The molecule has 0 saturated carbocycles. The van der Waals surface area contributed by atoms with E-state index in [0.717, 1.165) is 22.2 Å². The van der Waals surface area contributed by atoms with Gasteiger partial charge in [-0.1, -0.05) is 68.9 Å². The molecule has 36 heavy (non-hydrogen) atoms. The summed E-state index contributed by atoms with van der Waals surface area (Å²) in [4.78, 5) is 4.97. The molecule has 7 heteroatoms. The van der Waals surface area contributed by atoms with Crippen molar-refractivity contribution in [1.29, 1.82) is 5.41 Å². The molecule has 0 atom stereocenters. The molecule has 4 aromatic rings. The minimum Gasteiger partial charge on any atom is -0.497 e. The summed E-state index contributed by atoms with van der Waals surface area (Å²) in [6, 6.07) is 20.3. The van der Waals surface area contributed by atoms with Crippen molar-refractivity contribution in [2.75, 3.05) is 21.3 Å². The Morgan fingerprint density at radius 1 is 0.833 bits per heavy atom. The van der Waals surface area contributed by atoms with Crippen molar-refractivity contribution in [1.82, 2.24) is 9.55 Å². The van der Waals surface area contributed by atoms with Crippen LogP contribution in [-0.4, -0.2) is 30.9 Å². The zero-order valence-electron chi connectivity index (χ0n) is 21.7. The fourth-order valence-corrected chi connectivity index (χ4v) is 4.94. The van der Waals surface area contributed by atoms with Gasteiger partial charge in [0.25, 0.3) is 0 Å². The van der Waals surface area contributed by atoms with Crippen LogP contribution in [0.15, 0.2) is 65.8 Å². The normalized spacial score (nSPS) is 11.5. The van der Waals surface area contributed by atoms with Gasteiger partial charge in [0.1, 0.15) is 11.2 Å². The summed E-state index contributed by atoms with van der Waals surface area (Å²) >= 11 is 1.63. The number of nitrogens with zero attached hydrogens (tertiary/aromatic N) is 2. The molecule has 0 spiro atoms. The lowest BCUT2D eigenvalue weighted by atomic mass is 9.87. The molecule has 0 amide bonds. The molecule has 3 aromatic carbocycles. The van der Waals surface area contributed by atoms with Crippen molar-refractivity contribution in [3.63, 3.8) is 0 Å². The highest BCUT2D eigenvalue weighted by molar-refractivity contribution is 7.98. The van der Waals surface area contributed by atoms with E-state index >= 15 is 0 Å². The molecule has 0 fully saturated rings. The zero-order chi connectivity index (χ0) is 25.9. The number of hydrogen-bond donors (Lipinski definition) is 1. The van der Waals surface area contributed by atoms with E-state index in [0.29, 0.717) is 34.4 Å². The van der Waals surface area contributed by atoms with Crippen molar-refractivity contribution >= 4 is 22.7 Å². The predicted molar refractivity (Wildman–Crippen MR) is 145 cm³/mol. The van der Waals surface area contributed by atoms with E-state index in [1.165, 1.54) is 11.1 Å². The first-order chi connectivity index (χ1) is 17.2. The van der Waals surface area contributed by atoms with Gasteiger partial charge in [-0.25, -0.2) is 4.98 Å². The summed E-state index contributed by atoms with van der Waals surface area (Å²) in [5, 5.41) is 10.6. The van der Waals surface area contributed by atoms with E-state index in [4.69, 9.17) is 24.6 Å². The van der Waals surface area contributed by atoms with Crippen LogP contribution in [0.3, 0.4) is 0 Å². The lowest BCUT2D eigenvalue weighted by molar-refractivity contribution is 0.355. The number of rotatable bonds is 8. The van der Waals surface area contributed by atoms with Crippen molar-refractivity contribution < 1.29 is 14.2 Å². The summed E-state index contributed by atoms with van der Waals surface area (Å²) in [5.74, 6) is 2.73. The highest BCUT2D eigenvalue weighted by atomic mass is 32.2. The Kier molecular flexibility index (Phi) is 7.59. The number of hydrogen-bond acceptors (Lipinski definition) is 6. The lowest BCUT2D eigenvalue weighted by Crippen LogP contribution is -2.24. The van der Waals surface area contributed by atoms with Crippen LogP contribution >= 0.6 is 11.8 Å². The first-order valence-electron chi connectivity index (χ1n) is 11.8. The van der Waals surface area contributed by atoms with Crippen LogP contribution in [-0.2, 0) is 17.7 Å². The Morgan fingerprint density at radius 2 is 1.44 bits per heavy atom. The fraction of sp³-hybridized carbons (Fsp3) is 0.310. The van der Waals surface area contributed by atoms with Crippen LogP contribution in [0.5, 0.6) is 17.2 Å². The van der Waals surface area contributed by atoms with Crippen molar-refractivity contribution in [3.8, 4) is 17.2 Å². The third-order valence-electron chi connectivity index (χ3n) is 6.16. The molecule has 1 heterocycles. The summed E-state index contributed by atoms with van der Waals surface area (Å²) in [7, 11) is 4.86. The quantitative estimate of drug-likeness (QED) is 0.230. The molecule has 0 aliphatic carbocycles. The monoisotopic (exact) mass is 503 g/mol. The van der Waals surface area contributed by atoms with Crippen LogP contribution in [0, 0.1) is 5.41 Å². The van der Waals surface area contributed by atoms with E-state index in [2.05, 4.69) is 45.0 Å². The van der Waals surface area contributed by atoms with Crippen LogP contribution < -0.4 is 19.7 Å². The van der Waals surface area contributed by atoms with Gasteiger partial charge in [-0.3, -0.25) is 5.41 Å². The molecule has 0 unspecified atom stereocenters. The number of fused-ring (bicyclic) bond motifs is 1. The molecule has 0 aliphatic heterocycles. The number of thioether (sulfide) groups is 1. The van der Waals surface area contributed by atoms with Gasteiger partial charge < -0.3 is 18.8 Å². The Labute approximate surface area is 216 Å². The number of benzene rings is 3. The average molecular weight is 504 g/mol. The van der Waals surface area contributed by atoms with Gasteiger partial charge in [-0.2, -0.15) is 0 Å². The van der Waals surface area contributed by atoms with Crippen LogP contribution in [0.1, 0.15) is 37.5 Å². The average Bonchev–Trinajstić information content (AvgIpc) is 2.88. The van der Waals surface area contributed by atoms with Crippen molar-refractivity contribution in [2.24, 2.45) is 0 Å². The van der Waals surface area contributed by atoms with E-state index in [-0.39, 0.29) is 5.41 Å². The van der Waals surface area contributed by atoms with Gasteiger partial charge in [-0.15, -0.1) is 0 Å². The molecular formula is C29H33N3O3S. The molecule has 0 bridgehead atoms. The highest BCUT2D eigenvalue weighted by Gasteiger charge is 2.16. The summed E-state index contributed by atoms with van der Waals surface area (Å²) in [6.45, 7) is 7.18. The molecule has 1 aromatic heterocycles. The minimum atomic E-state index is 0.118. The maximum atomic E-state index is 9.08. The standard InChI is InChI=1S/C29H33N3O3S/c1-29(2,3)21-11-7-20(8-12-21)18-36-28-31-24-16-26(35-6)25(34-5)15-23(24)27(30)32(28)17-19-9-13-22(33-4)14-10-19/h7-16,30H,17-18H2,1-6H3. The third kappa shape index (κ3) is 5.51. The van der Waals surface area contributed by atoms with Gasteiger partial charge in [-0.05, 0) is 40.3 Å². The second kappa shape index (κ2) is 10.7. The van der Waals surface area contributed by atoms with E-state index in [9.17, 15) is 0 Å². The largest absolute Gasteiger partial charge is 0.497 e. The number of nitrogens with one attached hydrogen (secondary N) is 1. The molecular weight excluding hydrogens is 470 g/mol. The SMILES string of the molecule is COc1ccc(Cn2c(SCc3ccc(C(C)(C)C)cc3)nc3cc(OC)c(OC)cc3c2=N)cc1. The minimum absolute atomic E-state index is 0.118. The smallest absolute Gasteiger partial charge is 0.170 e. The molecule has 4 rings (SSSR count). The molecule has 0 saturated heterocycles.